The van der Waals surface area contributed by atoms with Crippen LogP contribution in [-0.2, 0) is 16.1 Å². The molecule has 0 aliphatic heterocycles. The van der Waals surface area contributed by atoms with Crippen molar-refractivity contribution in [3.8, 4) is 0 Å². The van der Waals surface area contributed by atoms with Crippen LogP contribution in [0.4, 0.5) is 0 Å². The van der Waals surface area contributed by atoms with E-state index in [9.17, 15) is 4.79 Å². The Hall–Kier alpha value is -1.64. The number of pyridine rings is 1. The van der Waals surface area contributed by atoms with Gasteiger partial charge in [-0.15, -0.1) is 0 Å². The summed E-state index contributed by atoms with van der Waals surface area (Å²) < 4.78 is 4.58. The Balaban J connectivity index is 2.72. The van der Waals surface area contributed by atoms with Gasteiger partial charge >= 0.3 is 0 Å². The number of ether oxygens (including phenoxy) is 1. The fraction of sp³-hybridized carbons (Fsp3) is 0.111. The minimum absolute atomic E-state index is 0.285. The molecular formula is C9H9NO2. The van der Waals surface area contributed by atoms with Gasteiger partial charge in [-0.2, -0.15) is 0 Å². The second-order valence-electron chi connectivity index (χ2n) is 2.20. The van der Waals surface area contributed by atoms with E-state index in [1.807, 2.05) is 6.07 Å². The number of aromatic nitrogens is 1. The molecule has 1 aromatic heterocycles. The molecular weight excluding hydrogens is 154 g/mol. The van der Waals surface area contributed by atoms with Gasteiger partial charge in [0.2, 0.25) is 0 Å². The van der Waals surface area contributed by atoms with Crippen molar-refractivity contribution in [3.63, 3.8) is 0 Å². The predicted octanol–water partition coefficient (Wildman–Crippen LogP) is 1.40. The van der Waals surface area contributed by atoms with Gasteiger partial charge < -0.3 is 4.74 Å². The molecule has 0 aliphatic carbocycles. The molecule has 1 rings (SSSR count). The van der Waals surface area contributed by atoms with Crippen molar-refractivity contribution in [1.29, 1.82) is 0 Å². The molecule has 0 fully saturated rings. The maximum atomic E-state index is 9.87. The van der Waals surface area contributed by atoms with Crippen LogP contribution in [0.5, 0.6) is 0 Å². The number of hydrogen-bond donors (Lipinski definition) is 0. The van der Waals surface area contributed by atoms with E-state index in [1.165, 1.54) is 0 Å². The second kappa shape index (κ2) is 4.28. The first-order chi connectivity index (χ1) is 5.86. The summed E-state index contributed by atoms with van der Waals surface area (Å²) in [5, 5.41) is 0. The Kier molecular flexibility index (Phi) is 3.02. The number of rotatable bonds is 4. The third-order valence-electron chi connectivity index (χ3n) is 1.37. The van der Waals surface area contributed by atoms with Crippen molar-refractivity contribution in [2.75, 3.05) is 0 Å². The van der Waals surface area contributed by atoms with E-state index in [-0.39, 0.29) is 6.61 Å². The fourth-order valence-electron chi connectivity index (χ4n) is 0.826. The molecule has 62 valence electrons. The van der Waals surface area contributed by atoms with Gasteiger partial charge in [0.1, 0.15) is 6.61 Å². The number of carbonyl (C=O) groups excluding carboxylic acids is 1. The van der Waals surface area contributed by atoms with Gasteiger partial charge in [0, 0.05) is 6.20 Å². The van der Waals surface area contributed by atoms with Gasteiger partial charge in [0.05, 0.1) is 5.69 Å². The van der Waals surface area contributed by atoms with E-state index in [1.54, 1.807) is 18.3 Å². The predicted molar refractivity (Wildman–Crippen MR) is 45.2 cm³/mol. The van der Waals surface area contributed by atoms with Gasteiger partial charge in [-0.05, 0) is 23.8 Å². The zero-order chi connectivity index (χ0) is 8.81. The van der Waals surface area contributed by atoms with Crippen LogP contribution in [0.3, 0.4) is 0 Å². The molecule has 3 nitrogen and oxygen atoms in total. The van der Waals surface area contributed by atoms with E-state index in [4.69, 9.17) is 0 Å². The van der Waals surface area contributed by atoms with Crippen molar-refractivity contribution in [2.24, 2.45) is 0 Å². The Morgan fingerprint density at radius 2 is 2.50 bits per heavy atom. The van der Waals surface area contributed by atoms with Crippen LogP contribution < -0.4 is 0 Å². The average Bonchev–Trinajstić information content (AvgIpc) is 2.15. The van der Waals surface area contributed by atoms with Gasteiger partial charge in [0.15, 0.2) is 0 Å². The Morgan fingerprint density at radius 1 is 1.67 bits per heavy atom. The van der Waals surface area contributed by atoms with Crippen molar-refractivity contribution < 1.29 is 9.53 Å². The molecule has 0 radical (unpaired) electrons. The van der Waals surface area contributed by atoms with Gasteiger partial charge in [-0.1, -0.05) is 6.58 Å². The number of nitrogens with zero attached hydrogens (tertiary/aromatic N) is 1. The SMILES string of the molecule is C=Cc1cc(COC=O)ccn1. The maximum Gasteiger partial charge on any atom is 0.293 e. The van der Waals surface area contributed by atoms with E-state index in [2.05, 4.69) is 16.3 Å². The molecule has 1 heterocycles. The Morgan fingerprint density at radius 3 is 3.17 bits per heavy atom. The smallest absolute Gasteiger partial charge is 0.293 e. The molecule has 0 atom stereocenters. The summed E-state index contributed by atoms with van der Waals surface area (Å²) in [5.41, 5.74) is 1.69. The molecule has 3 heteroatoms. The fourth-order valence-corrected chi connectivity index (χ4v) is 0.826. The summed E-state index contributed by atoms with van der Waals surface area (Å²) >= 11 is 0. The molecule has 0 spiro atoms. The minimum atomic E-state index is 0.285. The zero-order valence-corrected chi connectivity index (χ0v) is 6.56. The molecule has 0 aromatic carbocycles. The average molecular weight is 163 g/mol. The normalized spacial score (nSPS) is 9.00. The Bertz CT molecular complexity index is 284. The zero-order valence-electron chi connectivity index (χ0n) is 6.56. The third kappa shape index (κ3) is 2.20. The lowest BCUT2D eigenvalue weighted by atomic mass is 10.2. The van der Waals surface area contributed by atoms with Crippen LogP contribution in [0.25, 0.3) is 6.08 Å². The third-order valence-corrected chi connectivity index (χ3v) is 1.37. The second-order valence-corrected chi connectivity index (χ2v) is 2.20. The highest BCUT2D eigenvalue weighted by molar-refractivity contribution is 5.43. The highest BCUT2D eigenvalue weighted by Gasteiger charge is 1.93. The van der Waals surface area contributed by atoms with Crippen molar-refractivity contribution in [1.82, 2.24) is 4.98 Å². The summed E-state index contributed by atoms with van der Waals surface area (Å²) in [6, 6.07) is 3.60. The molecule has 0 amide bonds. The van der Waals surface area contributed by atoms with E-state index in [0.717, 1.165) is 11.3 Å². The van der Waals surface area contributed by atoms with E-state index < -0.39 is 0 Å². The molecule has 0 bridgehead atoms. The topological polar surface area (TPSA) is 39.2 Å². The van der Waals surface area contributed by atoms with E-state index >= 15 is 0 Å². The largest absolute Gasteiger partial charge is 0.463 e. The molecule has 0 saturated carbocycles. The summed E-state index contributed by atoms with van der Waals surface area (Å²) in [6.07, 6.45) is 3.30. The lowest BCUT2D eigenvalue weighted by molar-refractivity contribution is -0.129. The van der Waals surface area contributed by atoms with Gasteiger partial charge in [-0.25, -0.2) is 0 Å². The summed E-state index contributed by atoms with van der Waals surface area (Å²) in [4.78, 5) is 13.9. The summed E-state index contributed by atoms with van der Waals surface area (Å²) in [7, 11) is 0. The molecule has 1 aromatic rings. The minimum Gasteiger partial charge on any atom is -0.463 e. The Labute approximate surface area is 70.7 Å². The van der Waals surface area contributed by atoms with Gasteiger partial charge in [0.25, 0.3) is 6.47 Å². The van der Waals surface area contributed by atoms with Crippen LogP contribution in [0.1, 0.15) is 11.3 Å². The first-order valence-corrected chi connectivity index (χ1v) is 3.49. The van der Waals surface area contributed by atoms with Gasteiger partial charge in [-0.3, -0.25) is 9.78 Å². The quantitative estimate of drug-likeness (QED) is 0.630. The highest BCUT2D eigenvalue weighted by atomic mass is 16.5. The molecule has 0 saturated heterocycles. The molecule has 12 heavy (non-hydrogen) atoms. The molecule has 0 N–H and O–H groups in total. The van der Waals surface area contributed by atoms with Crippen LogP contribution >= 0.6 is 0 Å². The van der Waals surface area contributed by atoms with Crippen LogP contribution in [0.15, 0.2) is 24.9 Å². The van der Waals surface area contributed by atoms with Crippen molar-refractivity contribution in [3.05, 3.63) is 36.2 Å². The number of carbonyl (C=O) groups is 1. The maximum absolute atomic E-state index is 9.87. The summed E-state index contributed by atoms with van der Waals surface area (Å²) in [6.45, 7) is 4.29. The van der Waals surface area contributed by atoms with Crippen molar-refractivity contribution >= 4 is 12.5 Å². The first-order valence-electron chi connectivity index (χ1n) is 3.49. The molecule has 0 unspecified atom stereocenters. The standard InChI is InChI=1S/C9H9NO2/c1-2-9-5-8(3-4-10-9)6-12-7-11/h2-5,7H,1,6H2. The first kappa shape index (κ1) is 8.46. The lowest BCUT2D eigenvalue weighted by Gasteiger charge is -1.99. The van der Waals surface area contributed by atoms with Crippen LogP contribution in [-0.4, -0.2) is 11.5 Å². The van der Waals surface area contributed by atoms with Crippen LogP contribution in [0.2, 0.25) is 0 Å². The molecule has 0 aliphatic rings. The summed E-state index contributed by atoms with van der Waals surface area (Å²) in [5.74, 6) is 0. The van der Waals surface area contributed by atoms with E-state index in [0.29, 0.717) is 6.47 Å². The monoisotopic (exact) mass is 163 g/mol. The highest BCUT2D eigenvalue weighted by Crippen LogP contribution is 2.03. The van der Waals surface area contributed by atoms with Crippen LogP contribution in [0, 0.1) is 0 Å². The van der Waals surface area contributed by atoms with Crippen molar-refractivity contribution in [2.45, 2.75) is 6.61 Å². The number of hydrogen-bond acceptors (Lipinski definition) is 3. The lowest BCUT2D eigenvalue weighted by Crippen LogP contribution is -1.91.